The highest BCUT2D eigenvalue weighted by Gasteiger charge is 2.51. The maximum atomic E-state index is 14.3. The molecule has 1 saturated heterocycles. The summed E-state index contributed by atoms with van der Waals surface area (Å²) in [6.45, 7) is 5.77. The molecule has 0 amide bonds. The molecule has 3 heterocycles. The number of ether oxygens (including phenoxy) is 1. The Morgan fingerprint density at radius 2 is 1.95 bits per heavy atom. The molecule has 2 aliphatic heterocycles. The first-order valence-electron chi connectivity index (χ1n) is 12.3. The Morgan fingerprint density at radius 3 is 2.58 bits per heavy atom. The van der Waals surface area contributed by atoms with E-state index in [9.17, 15) is 18.3 Å². The smallest absolute Gasteiger partial charge is 0.194 e. The zero-order valence-electron chi connectivity index (χ0n) is 21.6. The van der Waals surface area contributed by atoms with E-state index in [0.29, 0.717) is 24.6 Å². The second-order valence-corrected chi connectivity index (χ2v) is 9.99. The summed E-state index contributed by atoms with van der Waals surface area (Å²) in [7, 11) is 1.60. The van der Waals surface area contributed by atoms with Crippen LogP contribution in [0.4, 0.5) is 13.2 Å². The molecule has 1 aromatic heterocycles. The summed E-state index contributed by atoms with van der Waals surface area (Å²) in [5.74, 6) is -3.00. The Morgan fingerprint density at radius 1 is 1.21 bits per heavy atom. The van der Waals surface area contributed by atoms with Gasteiger partial charge in [-0.15, -0.1) is 0 Å². The van der Waals surface area contributed by atoms with Crippen molar-refractivity contribution in [2.45, 2.75) is 38.8 Å². The normalized spacial score (nSPS) is 23.1. The van der Waals surface area contributed by atoms with Gasteiger partial charge in [0.05, 0.1) is 30.9 Å². The quantitative estimate of drug-likeness (QED) is 0.477. The van der Waals surface area contributed by atoms with E-state index in [1.807, 2.05) is 53.8 Å². The molecule has 38 heavy (non-hydrogen) atoms. The number of piperidine rings is 1. The van der Waals surface area contributed by atoms with Crippen molar-refractivity contribution >= 4 is 11.9 Å². The SMILES string of the molecule is COc1cc(C=C2CC(C)CN3C2=NOCC3(c2cc(F)c(F)c(F)c2)C(C)O)ccc1-n1cnc(C)c1. The van der Waals surface area contributed by atoms with E-state index in [-0.39, 0.29) is 18.1 Å². The van der Waals surface area contributed by atoms with Crippen LogP contribution >= 0.6 is 0 Å². The number of amidine groups is 1. The first-order chi connectivity index (χ1) is 18.1. The first kappa shape index (κ1) is 25.8. The molecule has 7 nitrogen and oxygen atoms in total. The van der Waals surface area contributed by atoms with Crippen molar-refractivity contribution in [3.63, 3.8) is 0 Å². The lowest BCUT2D eigenvalue weighted by Crippen LogP contribution is -2.63. The molecule has 0 saturated carbocycles. The van der Waals surface area contributed by atoms with E-state index < -0.39 is 29.1 Å². The monoisotopic (exact) mass is 526 g/mol. The van der Waals surface area contributed by atoms with Gasteiger partial charge in [0.2, 0.25) is 0 Å². The van der Waals surface area contributed by atoms with Crippen LogP contribution in [0.25, 0.3) is 11.8 Å². The molecule has 3 atom stereocenters. The molecule has 1 N–H and O–H groups in total. The molecule has 0 aliphatic carbocycles. The number of rotatable bonds is 5. The van der Waals surface area contributed by atoms with Gasteiger partial charge in [0.1, 0.15) is 17.9 Å². The second kappa shape index (κ2) is 9.83. The van der Waals surface area contributed by atoms with Gasteiger partial charge < -0.3 is 24.1 Å². The zero-order chi connectivity index (χ0) is 27.2. The van der Waals surface area contributed by atoms with Gasteiger partial charge in [-0.25, -0.2) is 18.2 Å². The second-order valence-electron chi connectivity index (χ2n) is 9.99. The molecule has 1 fully saturated rings. The van der Waals surface area contributed by atoms with Crippen LogP contribution in [-0.2, 0) is 10.4 Å². The fraction of sp³-hybridized carbons (Fsp3) is 0.357. The van der Waals surface area contributed by atoms with Gasteiger partial charge in [-0.3, -0.25) is 0 Å². The highest BCUT2D eigenvalue weighted by molar-refractivity contribution is 6.03. The fourth-order valence-corrected chi connectivity index (χ4v) is 5.34. The summed E-state index contributed by atoms with van der Waals surface area (Å²) in [6, 6.07) is 7.61. The van der Waals surface area contributed by atoms with Gasteiger partial charge in [-0.1, -0.05) is 18.1 Å². The van der Waals surface area contributed by atoms with E-state index >= 15 is 0 Å². The third-order valence-corrected chi connectivity index (χ3v) is 7.23. The number of hydrogen-bond acceptors (Lipinski definition) is 6. The summed E-state index contributed by atoms with van der Waals surface area (Å²) < 4.78 is 49.9. The van der Waals surface area contributed by atoms with Crippen LogP contribution in [0.2, 0.25) is 0 Å². The van der Waals surface area contributed by atoms with Crippen molar-refractivity contribution in [2.75, 3.05) is 20.3 Å². The van der Waals surface area contributed by atoms with Crippen LogP contribution in [0.15, 0.2) is 53.6 Å². The summed E-state index contributed by atoms with van der Waals surface area (Å²) >= 11 is 0. The highest BCUT2D eigenvalue weighted by atomic mass is 19.2. The Balaban J connectivity index is 1.57. The summed E-state index contributed by atoms with van der Waals surface area (Å²) in [6.07, 6.45) is 5.12. The van der Waals surface area contributed by atoms with Gasteiger partial charge in [-0.05, 0) is 73.2 Å². The van der Waals surface area contributed by atoms with Crippen LogP contribution in [0.3, 0.4) is 0 Å². The predicted molar refractivity (Wildman–Crippen MR) is 136 cm³/mol. The van der Waals surface area contributed by atoms with Crippen molar-refractivity contribution in [3.8, 4) is 11.4 Å². The number of aromatic nitrogens is 2. The molecule has 5 rings (SSSR count). The number of aryl methyl sites for hydroxylation is 1. The van der Waals surface area contributed by atoms with E-state index in [4.69, 9.17) is 9.57 Å². The van der Waals surface area contributed by atoms with Crippen molar-refractivity contribution in [2.24, 2.45) is 11.1 Å². The molecule has 3 aromatic rings. The third kappa shape index (κ3) is 4.32. The number of benzene rings is 2. The summed E-state index contributed by atoms with van der Waals surface area (Å²) in [5, 5.41) is 15.3. The number of aliphatic hydroxyl groups is 1. The highest BCUT2D eigenvalue weighted by Crippen LogP contribution is 2.42. The maximum Gasteiger partial charge on any atom is 0.194 e. The van der Waals surface area contributed by atoms with Crippen LogP contribution in [0.1, 0.15) is 37.1 Å². The Bertz CT molecular complexity index is 1410. The molecule has 3 unspecified atom stereocenters. The van der Waals surface area contributed by atoms with Crippen LogP contribution < -0.4 is 4.74 Å². The molecule has 2 aromatic carbocycles. The number of methoxy groups -OCH3 is 1. The first-order valence-corrected chi connectivity index (χ1v) is 12.3. The maximum absolute atomic E-state index is 14.3. The van der Waals surface area contributed by atoms with E-state index in [0.717, 1.165) is 34.7 Å². The molecule has 2 aliphatic rings. The Labute approximate surface area is 218 Å². The van der Waals surface area contributed by atoms with Gasteiger partial charge in [-0.2, -0.15) is 0 Å². The van der Waals surface area contributed by atoms with E-state index in [1.165, 1.54) is 6.92 Å². The molecule has 0 bridgehead atoms. The van der Waals surface area contributed by atoms with Crippen molar-refractivity contribution in [1.82, 2.24) is 14.5 Å². The van der Waals surface area contributed by atoms with E-state index in [2.05, 4.69) is 10.1 Å². The number of nitrogens with zero attached hydrogens (tertiary/aromatic N) is 4. The molecular formula is C28H29F3N4O3. The van der Waals surface area contributed by atoms with Crippen molar-refractivity contribution in [1.29, 1.82) is 0 Å². The fourth-order valence-electron chi connectivity index (χ4n) is 5.34. The number of oxime groups is 1. The predicted octanol–water partition coefficient (Wildman–Crippen LogP) is 4.95. The summed E-state index contributed by atoms with van der Waals surface area (Å²) in [5.41, 5.74) is 2.09. The topological polar surface area (TPSA) is 72.1 Å². The molecule has 0 radical (unpaired) electrons. The lowest BCUT2D eigenvalue weighted by atomic mass is 9.79. The zero-order valence-corrected chi connectivity index (χ0v) is 21.6. The lowest BCUT2D eigenvalue weighted by molar-refractivity contribution is -0.0783. The standard InChI is InChI=1S/C28H29F3N4O3/c1-16-7-20(8-19-5-6-24(25(9-19)37-4)34-13-17(2)32-15-34)27-33-38-14-28(18(3)36,35(27)12-16)21-10-22(29)26(31)23(30)11-21/h5-6,8-11,13,15-16,18,36H,7,12,14H2,1-4H3. The number of fused-ring (bicyclic) bond motifs is 1. The van der Waals surface area contributed by atoms with Gasteiger partial charge in [0.15, 0.2) is 23.3 Å². The van der Waals surface area contributed by atoms with Crippen LogP contribution in [0.5, 0.6) is 5.75 Å². The average molecular weight is 527 g/mol. The number of hydrogen-bond donors (Lipinski definition) is 1. The van der Waals surface area contributed by atoms with Gasteiger partial charge in [0.25, 0.3) is 0 Å². The average Bonchev–Trinajstić information content (AvgIpc) is 3.32. The molecule has 10 heteroatoms. The van der Waals surface area contributed by atoms with E-state index in [1.54, 1.807) is 13.4 Å². The van der Waals surface area contributed by atoms with Crippen molar-refractivity contribution in [3.05, 3.63) is 82.7 Å². The Hall–Kier alpha value is -3.79. The molecule has 200 valence electrons. The van der Waals surface area contributed by atoms with Crippen molar-refractivity contribution < 1.29 is 27.9 Å². The minimum Gasteiger partial charge on any atom is -0.495 e. The number of imidazole rings is 1. The summed E-state index contributed by atoms with van der Waals surface area (Å²) in [4.78, 5) is 11.7. The number of halogens is 3. The van der Waals surface area contributed by atoms with Gasteiger partial charge in [0, 0.05) is 12.7 Å². The lowest BCUT2D eigenvalue weighted by Gasteiger charge is -2.52. The Kier molecular flexibility index (Phi) is 6.68. The van der Waals surface area contributed by atoms with Crippen LogP contribution in [-0.4, -0.2) is 51.8 Å². The molecular weight excluding hydrogens is 497 g/mol. The molecule has 0 spiro atoms. The van der Waals surface area contributed by atoms with Gasteiger partial charge >= 0.3 is 0 Å². The number of aliphatic hydroxyl groups excluding tert-OH is 1. The van der Waals surface area contributed by atoms with Crippen LogP contribution in [0, 0.1) is 30.3 Å². The minimum atomic E-state index is -1.56. The minimum absolute atomic E-state index is 0.0754. The third-order valence-electron chi connectivity index (χ3n) is 7.23. The largest absolute Gasteiger partial charge is 0.495 e.